The molecule has 0 N–H and O–H groups in total. The van der Waals surface area contributed by atoms with Crippen LogP contribution in [0.5, 0.6) is 0 Å². The van der Waals surface area contributed by atoms with Gasteiger partial charge < -0.3 is 4.74 Å². The summed E-state index contributed by atoms with van der Waals surface area (Å²) in [7, 11) is 0. The normalized spacial score (nSPS) is 13.0. The second kappa shape index (κ2) is 6.29. The lowest BCUT2D eigenvalue weighted by Crippen LogP contribution is -2.41. The molecule has 1 aromatic rings. The zero-order valence-electron chi connectivity index (χ0n) is 12.2. The van der Waals surface area contributed by atoms with Gasteiger partial charge in [-0.1, -0.05) is 0 Å². The van der Waals surface area contributed by atoms with Gasteiger partial charge in [-0.25, -0.2) is 0 Å². The van der Waals surface area contributed by atoms with Gasteiger partial charge in [-0.3, -0.25) is 29.8 Å². The molecule has 0 aliphatic carbocycles. The van der Waals surface area contributed by atoms with Crippen LogP contribution in [-0.4, -0.2) is 28.2 Å². The van der Waals surface area contributed by atoms with Crippen molar-refractivity contribution in [1.82, 2.24) is 0 Å². The molecule has 1 unspecified atom stereocenters. The summed E-state index contributed by atoms with van der Waals surface area (Å²) < 4.78 is 4.82. The summed E-state index contributed by atoms with van der Waals surface area (Å²) in [6.07, 6.45) is 0. The molecular formula is C13H14N2O7. The molecule has 118 valence electrons. The first-order valence-corrected chi connectivity index (χ1v) is 6.27. The van der Waals surface area contributed by atoms with Gasteiger partial charge in [0.15, 0.2) is 11.2 Å². The van der Waals surface area contributed by atoms with E-state index in [0.717, 1.165) is 25.1 Å². The Bertz CT molecular complexity index is 656. The molecule has 0 fully saturated rings. The van der Waals surface area contributed by atoms with Gasteiger partial charge >= 0.3 is 5.97 Å². The van der Waals surface area contributed by atoms with Gasteiger partial charge in [0, 0.05) is 6.07 Å². The van der Waals surface area contributed by atoms with Crippen LogP contribution < -0.4 is 0 Å². The Morgan fingerprint density at radius 1 is 1.23 bits per heavy atom. The maximum atomic E-state index is 12.1. The maximum absolute atomic E-state index is 12.1. The fourth-order valence-corrected chi connectivity index (χ4v) is 1.93. The molecule has 0 bridgehead atoms. The topological polar surface area (TPSA) is 130 Å². The molecule has 0 radical (unpaired) electrons. The van der Waals surface area contributed by atoms with Crippen LogP contribution in [0, 0.1) is 20.2 Å². The number of esters is 1. The van der Waals surface area contributed by atoms with Crippen LogP contribution in [0.2, 0.25) is 0 Å². The molecule has 0 saturated heterocycles. The first-order valence-electron chi connectivity index (χ1n) is 6.27. The standard InChI is InChI=1S/C13H14N2O7/c1-4-22-12(17)13(3,8(2)16)10-6-5-9(14(18)19)7-11(10)15(20)21/h5-7H,4H2,1-3H3. The zero-order valence-corrected chi connectivity index (χ0v) is 12.2. The summed E-state index contributed by atoms with van der Waals surface area (Å²) in [4.78, 5) is 44.2. The highest BCUT2D eigenvalue weighted by atomic mass is 16.6. The Morgan fingerprint density at radius 2 is 1.82 bits per heavy atom. The maximum Gasteiger partial charge on any atom is 0.324 e. The predicted molar refractivity (Wildman–Crippen MR) is 74.4 cm³/mol. The van der Waals surface area contributed by atoms with Crippen molar-refractivity contribution < 1.29 is 24.2 Å². The molecule has 9 nitrogen and oxygen atoms in total. The summed E-state index contributed by atoms with van der Waals surface area (Å²) in [6.45, 7) is 3.81. The van der Waals surface area contributed by atoms with Crippen LogP contribution in [0.1, 0.15) is 26.3 Å². The number of hydrogen-bond donors (Lipinski definition) is 0. The van der Waals surface area contributed by atoms with Crippen molar-refractivity contribution >= 4 is 23.1 Å². The van der Waals surface area contributed by atoms with E-state index in [1.54, 1.807) is 0 Å². The first kappa shape index (κ1) is 17.2. The molecule has 0 spiro atoms. The van der Waals surface area contributed by atoms with Crippen LogP contribution in [-0.2, 0) is 19.7 Å². The Hall–Kier alpha value is -2.84. The van der Waals surface area contributed by atoms with E-state index in [0.29, 0.717) is 0 Å². The van der Waals surface area contributed by atoms with E-state index in [4.69, 9.17) is 4.74 Å². The number of non-ortho nitro benzene ring substituents is 1. The van der Waals surface area contributed by atoms with Crippen molar-refractivity contribution in [2.24, 2.45) is 0 Å². The minimum absolute atomic E-state index is 0.0114. The smallest absolute Gasteiger partial charge is 0.324 e. The summed E-state index contributed by atoms with van der Waals surface area (Å²) in [5.74, 6) is -1.61. The van der Waals surface area contributed by atoms with Crippen LogP contribution in [0.15, 0.2) is 18.2 Å². The molecular weight excluding hydrogens is 296 g/mol. The molecule has 1 atom stereocenters. The van der Waals surface area contributed by atoms with Gasteiger partial charge in [-0.05, 0) is 26.8 Å². The van der Waals surface area contributed by atoms with E-state index < -0.39 is 38.4 Å². The second-order valence-electron chi connectivity index (χ2n) is 4.62. The Morgan fingerprint density at radius 3 is 2.23 bits per heavy atom. The van der Waals surface area contributed by atoms with Crippen molar-refractivity contribution in [2.45, 2.75) is 26.2 Å². The second-order valence-corrected chi connectivity index (χ2v) is 4.62. The van der Waals surface area contributed by atoms with Crippen molar-refractivity contribution in [3.63, 3.8) is 0 Å². The highest BCUT2D eigenvalue weighted by Gasteiger charge is 2.46. The van der Waals surface area contributed by atoms with Gasteiger partial charge in [-0.15, -0.1) is 0 Å². The summed E-state index contributed by atoms with van der Waals surface area (Å²) >= 11 is 0. The number of ketones is 1. The van der Waals surface area contributed by atoms with Gasteiger partial charge in [-0.2, -0.15) is 0 Å². The lowest BCUT2D eigenvalue weighted by Gasteiger charge is -2.24. The highest BCUT2D eigenvalue weighted by molar-refractivity contribution is 6.09. The molecule has 9 heteroatoms. The summed E-state index contributed by atoms with van der Waals surface area (Å²) in [5.41, 5.74) is -3.34. The SMILES string of the molecule is CCOC(=O)C(C)(C(C)=O)c1ccc([N+](=O)[O-])cc1[N+](=O)[O-]. The zero-order chi connectivity index (χ0) is 17.1. The third-order valence-electron chi connectivity index (χ3n) is 3.32. The van der Waals surface area contributed by atoms with Gasteiger partial charge in [0.2, 0.25) is 0 Å². The third-order valence-corrected chi connectivity index (χ3v) is 3.32. The van der Waals surface area contributed by atoms with E-state index in [1.807, 2.05) is 0 Å². The molecule has 0 aliphatic rings. The Balaban J connectivity index is 3.62. The quantitative estimate of drug-likeness (QED) is 0.339. The molecule has 0 amide bonds. The van der Waals surface area contributed by atoms with Gasteiger partial charge in [0.1, 0.15) is 0 Å². The first-order chi connectivity index (χ1) is 10.2. The van der Waals surface area contributed by atoms with Gasteiger partial charge in [0.25, 0.3) is 11.4 Å². The average Bonchev–Trinajstić information content (AvgIpc) is 2.45. The number of ether oxygens (including phenoxy) is 1. The number of nitro groups is 2. The lowest BCUT2D eigenvalue weighted by atomic mass is 9.78. The molecule has 0 aliphatic heterocycles. The number of nitrogens with zero attached hydrogens (tertiary/aromatic N) is 2. The van der Waals surface area contributed by atoms with Crippen molar-refractivity contribution in [3.8, 4) is 0 Å². The lowest BCUT2D eigenvalue weighted by molar-refractivity contribution is -0.394. The molecule has 22 heavy (non-hydrogen) atoms. The Kier molecular flexibility index (Phi) is 4.92. The fourth-order valence-electron chi connectivity index (χ4n) is 1.93. The molecule has 0 saturated carbocycles. The molecule has 1 aromatic carbocycles. The average molecular weight is 310 g/mol. The number of carbonyl (C=O) groups is 2. The number of rotatable bonds is 6. The van der Waals surface area contributed by atoms with E-state index in [1.165, 1.54) is 13.8 Å². The Labute approximate surface area is 125 Å². The van der Waals surface area contributed by atoms with Crippen LogP contribution in [0.25, 0.3) is 0 Å². The number of benzene rings is 1. The molecule has 0 aromatic heterocycles. The fraction of sp³-hybridized carbons (Fsp3) is 0.385. The van der Waals surface area contributed by atoms with Crippen molar-refractivity contribution in [1.29, 1.82) is 0 Å². The van der Waals surface area contributed by atoms with Crippen LogP contribution in [0.4, 0.5) is 11.4 Å². The van der Waals surface area contributed by atoms with Crippen LogP contribution in [0.3, 0.4) is 0 Å². The molecule has 1 rings (SSSR count). The predicted octanol–water partition coefficient (Wildman–Crippen LogP) is 1.91. The van der Waals surface area contributed by atoms with Gasteiger partial charge in [0.05, 0.1) is 28.1 Å². The summed E-state index contributed by atoms with van der Waals surface area (Å²) in [6, 6.07) is 2.76. The number of nitro benzene ring substituents is 2. The molecule has 0 heterocycles. The van der Waals surface area contributed by atoms with Crippen LogP contribution >= 0.6 is 0 Å². The largest absolute Gasteiger partial charge is 0.465 e. The monoisotopic (exact) mass is 310 g/mol. The summed E-state index contributed by atoms with van der Waals surface area (Å²) in [5, 5.41) is 21.9. The van der Waals surface area contributed by atoms with E-state index in [-0.39, 0.29) is 12.2 Å². The minimum Gasteiger partial charge on any atom is -0.465 e. The van der Waals surface area contributed by atoms with E-state index in [2.05, 4.69) is 0 Å². The van der Waals surface area contributed by atoms with Crippen molar-refractivity contribution in [3.05, 3.63) is 44.0 Å². The van der Waals surface area contributed by atoms with E-state index in [9.17, 15) is 29.8 Å². The van der Waals surface area contributed by atoms with E-state index >= 15 is 0 Å². The number of Topliss-reactive ketones (excluding diaryl/α,β-unsaturated/α-hetero) is 1. The minimum atomic E-state index is -1.91. The number of carbonyl (C=O) groups excluding carboxylic acids is 2. The number of hydrogen-bond acceptors (Lipinski definition) is 7. The van der Waals surface area contributed by atoms with Crippen molar-refractivity contribution in [2.75, 3.05) is 6.61 Å². The third kappa shape index (κ3) is 2.92. The highest BCUT2D eigenvalue weighted by Crippen LogP contribution is 2.36.